The van der Waals surface area contributed by atoms with Crippen LogP contribution in [0.5, 0.6) is 0 Å². The van der Waals surface area contributed by atoms with Crippen LogP contribution in [0.15, 0.2) is 30.5 Å². The number of hydrogen-bond donors (Lipinski definition) is 1. The monoisotopic (exact) mass is 343 g/mol. The van der Waals surface area contributed by atoms with Crippen molar-refractivity contribution in [3.05, 3.63) is 41.7 Å². The molecule has 0 saturated carbocycles. The molecule has 3 rings (SSSR count). The van der Waals surface area contributed by atoms with Crippen molar-refractivity contribution in [2.75, 3.05) is 18.5 Å². The van der Waals surface area contributed by atoms with Crippen LogP contribution >= 0.6 is 0 Å². The molecule has 0 bridgehead atoms. The van der Waals surface area contributed by atoms with Crippen LogP contribution in [-0.2, 0) is 17.9 Å². The number of fused-ring (bicyclic) bond motifs is 1. The molecule has 2 aromatic rings. The van der Waals surface area contributed by atoms with Gasteiger partial charge in [-0.3, -0.25) is 9.59 Å². The second kappa shape index (κ2) is 6.92. The van der Waals surface area contributed by atoms with E-state index in [1.165, 1.54) is 6.20 Å². The molecule has 1 aromatic heterocycles. The van der Waals surface area contributed by atoms with Crippen LogP contribution in [0.25, 0.3) is 0 Å². The van der Waals surface area contributed by atoms with E-state index in [4.69, 9.17) is 5.11 Å². The lowest BCUT2D eigenvalue weighted by molar-refractivity contribution is -0.137. The Bertz CT molecular complexity index is 788. The van der Waals surface area contributed by atoms with Gasteiger partial charge in [0.1, 0.15) is 6.54 Å². The molecule has 1 unspecified atom stereocenters. The topological polar surface area (TPSA) is 91.6 Å². The van der Waals surface area contributed by atoms with Crippen molar-refractivity contribution in [2.45, 2.75) is 32.5 Å². The Labute approximate surface area is 145 Å². The average molecular weight is 343 g/mol. The minimum absolute atomic E-state index is 0.0366. The first kappa shape index (κ1) is 16.9. The SMILES string of the molecule is CCC1CN(C)c2ccccc2CN1C(=O)c1cn(CC(=O)O)nn1. The zero-order valence-corrected chi connectivity index (χ0v) is 14.3. The van der Waals surface area contributed by atoms with Gasteiger partial charge in [-0.15, -0.1) is 5.10 Å². The standard InChI is InChI=1S/C17H21N5O3/c1-3-13-9-20(2)15-7-5-4-6-12(15)8-22(13)17(25)14-10-21(19-18-14)11-16(23)24/h4-7,10,13H,3,8-9,11H2,1-2H3,(H,23,24). The molecule has 0 aliphatic carbocycles. The van der Waals surface area contributed by atoms with E-state index >= 15 is 0 Å². The summed E-state index contributed by atoms with van der Waals surface area (Å²) in [6, 6.07) is 8.06. The van der Waals surface area contributed by atoms with Crippen LogP contribution in [-0.4, -0.2) is 56.5 Å². The highest BCUT2D eigenvalue weighted by Gasteiger charge is 2.30. The molecule has 1 atom stereocenters. The van der Waals surface area contributed by atoms with Gasteiger partial charge in [-0.2, -0.15) is 0 Å². The molecule has 132 valence electrons. The maximum atomic E-state index is 13.0. The lowest BCUT2D eigenvalue weighted by Gasteiger charge is -2.30. The summed E-state index contributed by atoms with van der Waals surface area (Å²) in [7, 11) is 2.03. The van der Waals surface area contributed by atoms with Crippen LogP contribution < -0.4 is 4.90 Å². The molecule has 0 fully saturated rings. The minimum Gasteiger partial charge on any atom is -0.480 e. The first-order valence-electron chi connectivity index (χ1n) is 8.21. The predicted octanol–water partition coefficient (Wildman–Crippen LogP) is 1.23. The molecule has 0 spiro atoms. The Morgan fingerprint density at radius 3 is 2.80 bits per heavy atom. The fraction of sp³-hybridized carbons (Fsp3) is 0.412. The molecule has 1 N–H and O–H groups in total. The van der Waals surface area contributed by atoms with Gasteiger partial charge in [0.15, 0.2) is 5.69 Å². The number of nitrogens with zero attached hydrogens (tertiary/aromatic N) is 5. The number of carbonyl (C=O) groups is 2. The van der Waals surface area contributed by atoms with E-state index in [0.717, 1.165) is 28.9 Å². The summed E-state index contributed by atoms with van der Waals surface area (Å²) in [5, 5.41) is 16.4. The molecule has 8 nitrogen and oxygen atoms in total. The third-order valence-corrected chi connectivity index (χ3v) is 4.46. The molecule has 8 heteroatoms. The van der Waals surface area contributed by atoms with Gasteiger partial charge in [0.2, 0.25) is 0 Å². The Kier molecular flexibility index (Phi) is 4.69. The van der Waals surface area contributed by atoms with Gasteiger partial charge >= 0.3 is 5.97 Å². The molecule has 1 amide bonds. The summed E-state index contributed by atoms with van der Waals surface area (Å²) in [6.07, 6.45) is 2.21. The molecule has 25 heavy (non-hydrogen) atoms. The molecule has 1 aliphatic rings. The van der Waals surface area contributed by atoms with Crippen molar-refractivity contribution in [3.63, 3.8) is 0 Å². The van der Waals surface area contributed by atoms with E-state index in [0.29, 0.717) is 6.54 Å². The number of likely N-dealkylation sites (N-methyl/N-ethyl adjacent to an activating group) is 1. The smallest absolute Gasteiger partial charge is 0.325 e. The largest absolute Gasteiger partial charge is 0.480 e. The van der Waals surface area contributed by atoms with E-state index in [1.54, 1.807) is 4.90 Å². The average Bonchev–Trinajstić information content (AvgIpc) is 2.99. The predicted molar refractivity (Wildman–Crippen MR) is 91.3 cm³/mol. The fourth-order valence-electron chi connectivity index (χ4n) is 3.19. The number of amides is 1. The van der Waals surface area contributed by atoms with Gasteiger partial charge in [-0.1, -0.05) is 30.3 Å². The van der Waals surface area contributed by atoms with Crippen LogP contribution in [0.3, 0.4) is 0 Å². The van der Waals surface area contributed by atoms with Crippen molar-refractivity contribution < 1.29 is 14.7 Å². The molecule has 1 aromatic carbocycles. The third-order valence-electron chi connectivity index (χ3n) is 4.46. The number of carboxylic acids is 1. The highest BCUT2D eigenvalue weighted by Crippen LogP contribution is 2.27. The summed E-state index contributed by atoms with van der Waals surface area (Å²) < 4.78 is 1.16. The van der Waals surface area contributed by atoms with Crippen LogP contribution in [0, 0.1) is 0 Å². The second-order valence-corrected chi connectivity index (χ2v) is 6.20. The minimum atomic E-state index is -1.03. The number of para-hydroxylation sites is 1. The number of benzene rings is 1. The highest BCUT2D eigenvalue weighted by molar-refractivity contribution is 5.92. The summed E-state index contributed by atoms with van der Waals surface area (Å²) in [6.45, 7) is 2.95. The van der Waals surface area contributed by atoms with Gasteiger partial charge in [0, 0.05) is 31.9 Å². The number of anilines is 1. The number of carbonyl (C=O) groups excluding carboxylic acids is 1. The summed E-state index contributed by atoms with van der Waals surface area (Å²) in [4.78, 5) is 27.7. The zero-order valence-electron chi connectivity index (χ0n) is 14.3. The molecule has 1 aliphatic heterocycles. The van der Waals surface area contributed by atoms with Crippen LogP contribution in [0.4, 0.5) is 5.69 Å². The number of hydrogen-bond acceptors (Lipinski definition) is 5. The lowest BCUT2D eigenvalue weighted by Crippen LogP contribution is -2.43. The summed E-state index contributed by atoms with van der Waals surface area (Å²) in [5.41, 5.74) is 2.36. The maximum Gasteiger partial charge on any atom is 0.325 e. The quantitative estimate of drug-likeness (QED) is 0.898. The number of carboxylic acid groups (broad SMARTS) is 1. The van der Waals surface area contributed by atoms with E-state index in [2.05, 4.69) is 28.2 Å². The molecular formula is C17H21N5O3. The first-order valence-corrected chi connectivity index (χ1v) is 8.21. The van der Waals surface area contributed by atoms with E-state index in [1.807, 2.05) is 25.2 Å². The highest BCUT2D eigenvalue weighted by atomic mass is 16.4. The fourth-order valence-corrected chi connectivity index (χ4v) is 3.19. The van der Waals surface area contributed by atoms with Crippen LogP contribution in [0.2, 0.25) is 0 Å². The van der Waals surface area contributed by atoms with Gasteiger partial charge in [-0.05, 0) is 18.1 Å². The van der Waals surface area contributed by atoms with Crippen LogP contribution in [0.1, 0.15) is 29.4 Å². The number of rotatable bonds is 4. The van der Waals surface area contributed by atoms with Crippen molar-refractivity contribution in [1.82, 2.24) is 19.9 Å². The third kappa shape index (κ3) is 3.47. The van der Waals surface area contributed by atoms with Crippen molar-refractivity contribution in [1.29, 1.82) is 0 Å². The number of aliphatic carboxylic acids is 1. The van der Waals surface area contributed by atoms with Gasteiger partial charge < -0.3 is 14.9 Å². The summed E-state index contributed by atoms with van der Waals surface area (Å²) >= 11 is 0. The lowest BCUT2D eigenvalue weighted by atomic mass is 10.1. The molecular weight excluding hydrogens is 322 g/mol. The van der Waals surface area contributed by atoms with E-state index < -0.39 is 5.97 Å². The van der Waals surface area contributed by atoms with Gasteiger partial charge in [-0.25, -0.2) is 4.68 Å². The zero-order chi connectivity index (χ0) is 18.0. The maximum absolute atomic E-state index is 13.0. The van der Waals surface area contributed by atoms with Crippen molar-refractivity contribution in [2.24, 2.45) is 0 Å². The Morgan fingerprint density at radius 1 is 1.32 bits per heavy atom. The Balaban J connectivity index is 1.89. The molecule has 0 saturated heterocycles. The number of aromatic nitrogens is 3. The molecule has 0 radical (unpaired) electrons. The van der Waals surface area contributed by atoms with Crippen molar-refractivity contribution in [3.8, 4) is 0 Å². The molecule has 2 heterocycles. The summed E-state index contributed by atoms with van der Waals surface area (Å²) in [5.74, 6) is -1.26. The first-order chi connectivity index (χ1) is 12.0. The Hall–Kier alpha value is -2.90. The Morgan fingerprint density at radius 2 is 2.08 bits per heavy atom. The van der Waals surface area contributed by atoms with E-state index in [-0.39, 0.29) is 24.2 Å². The van der Waals surface area contributed by atoms with Gasteiger partial charge in [0.25, 0.3) is 5.91 Å². The second-order valence-electron chi connectivity index (χ2n) is 6.20. The van der Waals surface area contributed by atoms with Crippen molar-refractivity contribution >= 4 is 17.6 Å². The normalized spacial score (nSPS) is 17.1. The van der Waals surface area contributed by atoms with E-state index in [9.17, 15) is 9.59 Å². The van der Waals surface area contributed by atoms with Gasteiger partial charge in [0.05, 0.1) is 6.20 Å².